The molecule has 1 N–H and O–H groups in total. The largest absolute Gasteiger partial charge is 0.381 e. The lowest BCUT2D eigenvalue weighted by Crippen LogP contribution is -2.39. The van der Waals surface area contributed by atoms with Gasteiger partial charge in [0.25, 0.3) is 0 Å². The minimum atomic E-state index is -3.06. The number of nitrogens with one attached hydrogen (secondary N) is 1. The van der Waals surface area contributed by atoms with Gasteiger partial charge >= 0.3 is 0 Å². The number of sulfonamides is 1. The van der Waals surface area contributed by atoms with Gasteiger partial charge in [-0.3, -0.25) is 0 Å². The van der Waals surface area contributed by atoms with Gasteiger partial charge in [-0.1, -0.05) is 0 Å². The Morgan fingerprint density at radius 3 is 2.62 bits per heavy atom. The molecule has 2 unspecified atom stereocenters. The molecule has 4 nitrogen and oxygen atoms in total. The second kappa shape index (κ2) is 4.39. The number of methoxy groups -OCH3 is 1. The van der Waals surface area contributed by atoms with Crippen molar-refractivity contribution < 1.29 is 13.2 Å². The lowest BCUT2D eigenvalue weighted by atomic mass is 9.94. The van der Waals surface area contributed by atoms with Crippen LogP contribution in [0.15, 0.2) is 0 Å². The van der Waals surface area contributed by atoms with E-state index in [1.807, 2.05) is 0 Å². The molecule has 1 saturated carbocycles. The van der Waals surface area contributed by atoms with Crippen molar-refractivity contribution in [1.29, 1.82) is 0 Å². The Morgan fingerprint density at radius 1 is 1.38 bits per heavy atom. The molecule has 1 aliphatic carbocycles. The molecule has 0 aromatic carbocycles. The molecular weight excluding hydrogens is 190 g/mol. The van der Waals surface area contributed by atoms with Crippen molar-refractivity contribution in [3.05, 3.63) is 0 Å². The minimum absolute atomic E-state index is 0.0636. The summed E-state index contributed by atoms with van der Waals surface area (Å²) >= 11 is 0. The van der Waals surface area contributed by atoms with Crippen molar-refractivity contribution in [3.8, 4) is 0 Å². The van der Waals surface area contributed by atoms with E-state index in [0.29, 0.717) is 0 Å². The highest BCUT2D eigenvalue weighted by molar-refractivity contribution is 7.88. The zero-order valence-corrected chi connectivity index (χ0v) is 8.93. The minimum Gasteiger partial charge on any atom is -0.381 e. The van der Waals surface area contributed by atoms with E-state index in [0.717, 1.165) is 25.7 Å². The second-order valence-electron chi connectivity index (χ2n) is 3.61. The van der Waals surface area contributed by atoms with E-state index in [4.69, 9.17) is 4.74 Å². The van der Waals surface area contributed by atoms with Gasteiger partial charge in [-0.15, -0.1) is 0 Å². The van der Waals surface area contributed by atoms with Crippen LogP contribution in [0.1, 0.15) is 25.7 Å². The lowest BCUT2D eigenvalue weighted by molar-refractivity contribution is 0.0623. The molecule has 0 aromatic heterocycles. The Labute approximate surface area is 79.7 Å². The van der Waals surface area contributed by atoms with Crippen LogP contribution in [0.4, 0.5) is 0 Å². The van der Waals surface area contributed by atoms with Gasteiger partial charge < -0.3 is 4.74 Å². The van der Waals surface area contributed by atoms with E-state index in [1.165, 1.54) is 6.26 Å². The molecule has 0 spiro atoms. The van der Waals surface area contributed by atoms with E-state index in [1.54, 1.807) is 7.11 Å². The summed E-state index contributed by atoms with van der Waals surface area (Å²) in [7, 11) is -1.39. The van der Waals surface area contributed by atoms with Gasteiger partial charge in [0.15, 0.2) is 0 Å². The van der Waals surface area contributed by atoms with Crippen LogP contribution >= 0.6 is 0 Å². The maximum Gasteiger partial charge on any atom is 0.208 e. The summed E-state index contributed by atoms with van der Waals surface area (Å²) in [6.45, 7) is 0. The second-order valence-corrected chi connectivity index (χ2v) is 5.39. The third kappa shape index (κ3) is 4.06. The van der Waals surface area contributed by atoms with Crippen molar-refractivity contribution in [2.24, 2.45) is 0 Å². The molecule has 0 aliphatic heterocycles. The fourth-order valence-electron chi connectivity index (χ4n) is 1.77. The van der Waals surface area contributed by atoms with Crippen LogP contribution < -0.4 is 4.72 Å². The first-order valence-corrected chi connectivity index (χ1v) is 6.40. The summed E-state index contributed by atoms with van der Waals surface area (Å²) in [6, 6.07) is 0.0636. The van der Waals surface area contributed by atoms with E-state index >= 15 is 0 Å². The zero-order chi connectivity index (χ0) is 9.90. The van der Waals surface area contributed by atoms with Crippen LogP contribution in [-0.2, 0) is 14.8 Å². The molecule has 0 radical (unpaired) electrons. The van der Waals surface area contributed by atoms with Gasteiger partial charge in [0.1, 0.15) is 0 Å². The van der Waals surface area contributed by atoms with Crippen LogP contribution in [-0.4, -0.2) is 33.9 Å². The van der Waals surface area contributed by atoms with Gasteiger partial charge in [-0.25, -0.2) is 13.1 Å². The summed E-state index contributed by atoms with van der Waals surface area (Å²) in [6.07, 6.45) is 5.21. The molecule has 0 aromatic rings. The van der Waals surface area contributed by atoms with Gasteiger partial charge in [0.2, 0.25) is 10.0 Å². The normalized spacial score (nSPS) is 30.3. The van der Waals surface area contributed by atoms with Gasteiger partial charge in [-0.05, 0) is 25.7 Å². The smallest absolute Gasteiger partial charge is 0.208 e. The molecule has 5 heteroatoms. The highest BCUT2D eigenvalue weighted by atomic mass is 32.2. The van der Waals surface area contributed by atoms with Crippen molar-refractivity contribution in [1.82, 2.24) is 4.72 Å². The molecule has 0 heterocycles. The van der Waals surface area contributed by atoms with Gasteiger partial charge in [-0.2, -0.15) is 0 Å². The molecule has 1 rings (SSSR count). The summed E-state index contributed by atoms with van der Waals surface area (Å²) < 4.78 is 29.7. The predicted octanol–water partition coefficient (Wildman–Crippen LogP) is 0.493. The Hall–Kier alpha value is -0.130. The number of ether oxygens (including phenoxy) is 1. The van der Waals surface area contributed by atoms with Gasteiger partial charge in [0, 0.05) is 13.2 Å². The average molecular weight is 207 g/mol. The summed E-state index contributed by atoms with van der Waals surface area (Å²) in [5.41, 5.74) is 0. The van der Waals surface area contributed by atoms with Gasteiger partial charge in [0.05, 0.1) is 12.4 Å². The Kier molecular flexibility index (Phi) is 3.70. The molecule has 0 saturated heterocycles. The van der Waals surface area contributed by atoms with E-state index in [-0.39, 0.29) is 12.1 Å². The first kappa shape index (κ1) is 10.9. The maximum atomic E-state index is 10.9. The fourth-order valence-corrected chi connectivity index (χ4v) is 2.59. The predicted molar refractivity (Wildman–Crippen MR) is 51.0 cm³/mol. The number of hydrogen-bond donors (Lipinski definition) is 1. The zero-order valence-electron chi connectivity index (χ0n) is 8.12. The molecule has 78 valence electrons. The van der Waals surface area contributed by atoms with Crippen LogP contribution in [0.25, 0.3) is 0 Å². The van der Waals surface area contributed by atoms with Crippen LogP contribution in [0.3, 0.4) is 0 Å². The Bertz CT molecular complexity index is 250. The summed E-state index contributed by atoms with van der Waals surface area (Å²) in [4.78, 5) is 0. The van der Waals surface area contributed by atoms with Crippen molar-refractivity contribution in [3.63, 3.8) is 0 Å². The molecule has 0 bridgehead atoms. The molecule has 0 amide bonds. The summed E-state index contributed by atoms with van der Waals surface area (Å²) in [5, 5.41) is 0. The highest BCUT2D eigenvalue weighted by Gasteiger charge is 2.23. The number of rotatable bonds is 3. The third-order valence-corrected chi connectivity index (χ3v) is 3.10. The van der Waals surface area contributed by atoms with Crippen LogP contribution in [0, 0.1) is 0 Å². The fraction of sp³-hybridized carbons (Fsp3) is 1.00. The lowest BCUT2D eigenvalue weighted by Gasteiger charge is -2.28. The monoisotopic (exact) mass is 207 g/mol. The molecule has 2 atom stereocenters. The van der Waals surface area contributed by atoms with Crippen molar-refractivity contribution >= 4 is 10.0 Å². The Morgan fingerprint density at radius 2 is 2.08 bits per heavy atom. The summed E-state index contributed by atoms with van der Waals surface area (Å²) in [5.74, 6) is 0. The van der Waals surface area contributed by atoms with Crippen molar-refractivity contribution in [2.75, 3.05) is 13.4 Å². The molecule has 1 aliphatic rings. The standard InChI is InChI=1S/C8H17NO3S/c1-12-8-5-3-4-7(6-8)9-13(2,10)11/h7-9H,3-6H2,1-2H3. The van der Waals surface area contributed by atoms with Crippen molar-refractivity contribution in [2.45, 2.75) is 37.8 Å². The topological polar surface area (TPSA) is 55.4 Å². The average Bonchev–Trinajstić information content (AvgIpc) is 2.01. The van der Waals surface area contributed by atoms with E-state index < -0.39 is 10.0 Å². The quantitative estimate of drug-likeness (QED) is 0.733. The maximum absolute atomic E-state index is 10.9. The third-order valence-electron chi connectivity index (χ3n) is 2.34. The number of hydrogen-bond acceptors (Lipinski definition) is 3. The first-order valence-electron chi connectivity index (χ1n) is 4.51. The molecular formula is C8H17NO3S. The SMILES string of the molecule is COC1CCCC(NS(C)(=O)=O)C1. The first-order chi connectivity index (χ1) is 6.01. The highest BCUT2D eigenvalue weighted by Crippen LogP contribution is 2.20. The molecule has 1 fully saturated rings. The molecule has 13 heavy (non-hydrogen) atoms. The Balaban J connectivity index is 2.43. The van der Waals surface area contributed by atoms with Crippen LogP contribution in [0.5, 0.6) is 0 Å². The van der Waals surface area contributed by atoms with E-state index in [9.17, 15) is 8.42 Å². The van der Waals surface area contributed by atoms with E-state index in [2.05, 4.69) is 4.72 Å². The van der Waals surface area contributed by atoms with Crippen LogP contribution in [0.2, 0.25) is 0 Å².